The third-order valence-electron chi connectivity index (χ3n) is 6.24. The molecule has 2 amide bonds. The smallest absolute Gasteiger partial charge is 0.254 e. The van der Waals surface area contributed by atoms with Gasteiger partial charge in [0.25, 0.3) is 5.91 Å². The number of anilines is 1. The van der Waals surface area contributed by atoms with E-state index in [2.05, 4.69) is 32.7 Å². The zero-order valence-corrected chi connectivity index (χ0v) is 19.7. The van der Waals surface area contributed by atoms with Gasteiger partial charge in [0.2, 0.25) is 5.91 Å². The van der Waals surface area contributed by atoms with Gasteiger partial charge < -0.3 is 15.5 Å². The van der Waals surface area contributed by atoms with Crippen molar-refractivity contribution < 1.29 is 9.59 Å². The lowest BCUT2D eigenvalue weighted by Gasteiger charge is -2.40. The lowest BCUT2D eigenvalue weighted by molar-refractivity contribution is -0.127. The van der Waals surface area contributed by atoms with E-state index in [1.54, 1.807) is 24.3 Å². The van der Waals surface area contributed by atoms with Crippen molar-refractivity contribution in [3.8, 4) is 0 Å². The molecule has 2 N–H and O–H groups in total. The number of carbonyl (C=O) groups is 2. The number of nitrogens with one attached hydrogen (secondary N) is 2. The van der Waals surface area contributed by atoms with Gasteiger partial charge in [-0.15, -0.1) is 0 Å². The maximum absolute atomic E-state index is 13.5. The summed E-state index contributed by atoms with van der Waals surface area (Å²) in [6, 6.07) is 19.2. The fourth-order valence-electron chi connectivity index (χ4n) is 4.27. The molecule has 0 aliphatic carbocycles. The number of hydrogen-bond donors (Lipinski definition) is 2. The molecule has 7 heteroatoms. The summed E-state index contributed by atoms with van der Waals surface area (Å²) in [4.78, 5) is 34.3. The molecule has 34 heavy (non-hydrogen) atoms. The molecule has 1 atom stereocenters. The van der Waals surface area contributed by atoms with Crippen LogP contribution in [0, 0.1) is 6.92 Å². The van der Waals surface area contributed by atoms with E-state index in [0.717, 1.165) is 23.4 Å². The molecule has 1 aliphatic heterocycles. The van der Waals surface area contributed by atoms with E-state index in [9.17, 15) is 9.59 Å². The van der Waals surface area contributed by atoms with Crippen molar-refractivity contribution in [2.75, 3.05) is 32.0 Å². The molecule has 7 nitrogen and oxygen atoms in total. The average Bonchev–Trinajstić information content (AvgIpc) is 2.88. The quantitative estimate of drug-likeness (QED) is 0.570. The predicted molar refractivity (Wildman–Crippen MR) is 133 cm³/mol. The predicted octanol–water partition coefficient (Wildman–Crippen LogP) is 3.07. The Hall–Kier alpha value is -3.71. The van der Waals surface area contributed by atoms with Gasteiger partial charge in [0, 0.05) is 63.4 Å². The first-order chi connectivity index (χ1) is 16.5. The second kappa shape index (κ2) is 10.9. The Bertz CT molecular complexity index is 1120. The van der Waals surface area contributed by atoms with Crippen molar-refractivity contribution in [2.24, 2.45) is 0 Å². The zero-order valence-electron chi connectivity index (χ0n) is 19.7. The molecule has 1 aromatic heterocycles. The topological polar surface area (TPSA) is 77.6 Å². The molecule has 1 unspecified atom stereocenters. The Kier molecular flexibility index (Phi) is 7.54. The summed E-state index contributed by atoms with van der Waals surface area (Å²) < 4.78 is 0. The maximum Gasteiger partial charge on any atom is 0.254 e. The molecule has 0 bridgehead atoms. The third kappa shape index (κ3) is 5.61. The van der Waals surface area contributed by atoms with E-state index < -0.39 is 6.04 Å². The largest absolute Gasteiger partial charge is 0.381 e. The van der Waals surface area contributed by atoms with E-state index in [1.165, 1.54) is 5.56 Å². The Morgan fingerprint density at radius 1 is 1.00 bits per heavy atom. The fraction of sp³-hybridized carbons (Fsp3) is 0.296. The van der Waals surface area contributed by atoms with Gasteiger partial charge in [0.1, 0.15) is 6.04 Å². The number of piperazine rings is 1. The van der Waals surface area contributed by atoms with E-state index in [1.807, 2.05) is 55.5 Å². The molecule has 0 spiro atoms. The SMILES string of the molecule is CNC(=O)C1CN(Cc2ccccc2)CCN1C(=O)c1ccc(C)c(NCc2ccncc2)c1. The minimum absolute atomic E-state index is 0.125. The lowest BCUT2D eigenvalue weighted by Crippen LogP contribution is -2.60. The van der Waals surface area contributed by atoms with E-state index in [-0.39, 0.29) is 11.8 Å². The standard InChI is InChI=1S/C27H31N5O2/c1-20-8-9-23(16-24(20)30-17-21-10-12-29-13-11-21)27(34)32-15-14-31(19-25(32)26(33)28-2)18-22-6-4-3-5-7-22/h3-13,16,25,30H,14-15,17-19H2,1-2H3,(H,28,33). The van der Waals surface area contributed by atoms with Crippen LogP contribution in [0.15, 0.2) is 73.1 Å². The fourth-order valence-corrected chi connectivity index (χ4v) is 4.27. The minimum Gasteiger partial charge on any atom is -0.381 e. The van der Waals surface area contributed by atoms with Crippen molar-refractivity contribution in [3.05, 3.63) is 95.3 Å². The first-order valence-electron chi connectivity index (χ1n) is 11.6. The summed E-state index contributed by atoms with van der Waals surface area (Å²) in [6.07, 6.45) is 3.53. The summed E-state index contributed by atoms with van der Waals surface area (Å²) >= 11 is 0. The van der Waals surface area contributed by atoms with Crippen molar-refractivity contribution >= 4 is 17.5 Å². The van der Waals surface area contributed by atoms with Crippen LogP contribution in [0.3, 0.4) is 0 Å². The van der Waals surface area contributed by atoms with Crippen LogP contribution in [-0.2, 0) is 17.9 Å². The number of pyridine rings is 1. The Morgan fingerprint density at radius 3 is 2.50 bits per heavy atom. The number of rotatable bonds is 7. The number of benzene rings is 2. The van der Waals surface area contributed by atoms with Crippen molar-refractivity contribution in [1.82, 2.24) is 20.1 Å². The molecule has 0 radical (unpaired) electrons. The maximum atomic E-state index is 13.5. The average molecular weight is 458 g/mol. The molecule has 1 fully saturated rings. The van der Waals surface area contributed by atoms with Crippen LogP contribution in [-0.4, -0.2) is 59.3 Å². The van der Waals surface area contributed by atoms with Crippen molar-refractivity contribution in [1.29, 1.82) is 0 Å². The highest BCUT2D eigenvalue weighted by Crippen LogP contribution is 2.22. The zero-order chi connectivity index (χ0) is 23.9. The van der Waals surface area contributed by atoms with Crippen LogP contribution in [0.5, 0.6) is 0 Å². The molecule has 3 aromatic rings. The second-order valence-electron chi connectivity index (χ2n) is 8.59. The number of likely N-dealkylation sites (N-methyl/N-ethyl adjacent to an activating group) is 1. The number of aryl methyl sites for hydroxylation is 1. The van der Waals surface area contributed by atoms with Gasteiger partial charge in [-0.2, -0.15) is 0 Å². The van der Waals surface area contributed by atoms with Crippen LogP contribution < -0.4 is 10.6 Å². The number of hydrogen-bond acceptors (Lipinski definition) is 5. The minimum atomic E-state index is -0.538. The molecule has 2 heterocycles. The molecule has 0 saturated carbocycles. The summed E-state index contributed by atoms with van der Waals surface area (Å²) in [7, 11) is 1.62. The highest BCUT2D eigenvalue weighted by Gasteiger charge is 2.35. The highest BCUT2D eigenvalue weighted by molar-refractivity contribution is 5.98. The lowest BCUT2D eigenvalue weighted by atomic mass is 10.0. The third-order valence-corrected chi connectivity index (χ3v) is 6.24. The number of aromatic nitrogens is 1. The van der Waals surface area contributed by atoms with Crippen LogP contribution in [0.1, 0.15) is 27.0 Å². The van der Waals surface area contributed by atoms with Gasteiger partial charge >= 0.3 is 0 Å². The summed E-state index contributed by atoms with van der Waals surface area (Å²) in [6.45, 7) is 5.12. The molecule has 1 aliphatic rings. The summed E-state index contributed by atoms with van der Waals surface area (Å²) in [5, 5.41) is 6.16. The van der Waals surface area contributed by atoms with Crippen LogP contribution in [0.2, 0.25) is 0 Å². The Labute approximate surface area is 200 Å². The van der Waals surface area contributed by atoms with Crippen LogP contribution in [0.4, 0.5) is 5.69 Å². The summed E-state index contributed by atoms with van der Waals surface area (Å²) in [5.74, 6) is -0.269. The normalized spacial score (nSPS) is 16.2. The molecule has 4 rings (SSSR count). The van der Waals surface area contributed by atoms with Crippen molar-refractivity contribution in [2.45, 2.75) is 26.1 Å². The van der Waals surface area contributed by atoms with Gasteiger partial charge in [0.05, 0.1) is 0 Å². The molecule has 2 aromatic carbocycles. The first-order valence-corrected chi connectivity index (χ1v) is 11.6. The Balaban J connectivity index is 1.48. The van der Waals surface area contributed by atoms with Gasteiger partial charge in [0.15, 0.2) is 0 Å². The van der Waals surface area contributed by atoms with Gasteiger partial charge in [-0.3, -0.25) is 19.5 Å². The van der Waals surface area contributed by atoms with Crippen molar-refractivity contribution in [3.63, 3.8) is 0 Å². The number of carbonyl (C=O) groups excluding carboxylic acids is 2. The molecule has 1 saturated heterocycles. The van der Waals surface area contributed by atoms with Gasteiger partial charge in [-0.25, -0.2) is 0 Å². The van der Waals surface area contributed by atoms with Crippen LogP contribution >= 0.6 is 0 Å². The Morgan fingerprint density at radius 2 is 1.76 bits per heavy atom. The van der Waals surface area contributed by atoms with Gasteiger partial charge in [-0.1, -0.05) is 36.4 Å². The van der Waals surface area contributed by atoms with Crippen LogP contribution in [0.25, 0.3) is 0 Å². The monoisotopic (exact) mass is 457 g/mol. The van der Waals surface area contributed by atoms with E-state index in [0.29, 0.717) is 31.7 Å². The van der Waals surface area contributed by atoms with E-state index >= 15 is 0 Å². The highest BCUT2D eigenvalue weighted by atomic mass is 16.2. The number of amides is 2. The first kappa shape index (κ1) is 23.4. The number of nitrogens with zero attached hydrogens (tertiary/aromatic N) is 3. The van der Waals surface area contributed by atoms with E-state index in [4.69, 9.17) is 0 Å². The molecular weight excluding hydrogens is 426 g/mol. The van der Waals surface area contributed by atoms with Gasteiger partial charge in [-0.05, 0) is 47.9 Å². The summed E-state index contributed by atoms with van der Waals surface area (Å²) in [5.41, 5.74) is 4.85. The molecule has 176 valence electrons. The molecular formula is C27H31N5O2. The second-order valence-corrected chi connectivity index (χ2v) is 8.59.